The zero-order chi connectivity index (χ0) is 14.1. The molecule has 1 fully saturated rings. The third kappa shape index (κ3) is 3.43. The van der Waals surface area contributed by atoms with Gasteiger partial charge < -0.3 is 4.74 Å². The van der Waals surface area contributed by atoms with Crippen LogP contribution in [0.5, 0.6) is 5.75 Å². The average Bonchev–Trinajstić information content (AvgIpc) is 3.06. The van der Waals surface area contributed by atoms with Crippen molar-refractivity contribution >= 4 is 0 Å². The van der Waals surface area contributed by atoms with Crippen molar-refractivity contribution in [3.8, 4) is 5.75 Å². The van der Waals surface area contributed by atoms with Crippen LogP contribution in [0.1, 0.15) is 32.3 Å². The SMILES string of the molecule is CC(C)Cc1cccc(OCC2(C(F)(F)F)CC2)c1. The molecular weight excluding hydrogens is 253 g/mol. The number of benzene rings is 1. The summed E-state index contributed by atoms with van der Waals surface area (Å²) in [6.45, 7) is 3.95. The Bertz CT molecular complexity index is 433. The summed E-state index contributed by atoms with van der Waals surface area (Å²) >= 11 is 0. The molecule has 0 aliphatic heterocycles. The third-order valence-corrected chi connectivity index (χ3v) is 3.51. The van der Waals surface area contributed by atoms with E-state index in [1.807, 2.05) is 18.2 Å². The summed E-state index contributed by atoms with van der Waals surface area (Å²) in [7, 11) is 0. The topological polar surface area (TPSA) is 9.23 Å². The van der Waals surface area contributed by atoms with E-state index in [0.29, 0.717) is 11.7 Å². The van der Waals surface area contributed by atoms with E-state index in [-0.39, 0.29) is 19.4 Å². The monoisotopic (exact) mass is 272 g/mol. The van der Waals surface area contributed by atoms with Gasteiger partial charge in [-0.05, 0) is 42.9 Å². The van der Waals surface area contributed by atoms with Crippen LogP contribution >= 0.6 is 0 Å². The van der Waals surface area contributed by atoms with Gasteiger partial charge in [-0.25, -0.2) is 0 Å². The van der Waals surface area contributed by atoms with E-state index in [1.165, 1.54) is 0 Å². The molecule has 106 valence electrons. The van der Waals surface area contributed by atoms with Gasteiger partial charge in [0.05, 0.1) is 0 Å². The molecule has 0 heterocycles. The summed E-state index contributed by atoms with van der Waals surface area (Å²) in [4.78, 5) is 0. The number of ether oxygens (including phenoxy) is 1. The standard InChI is InChI=1S/C15H19F3O/c1-11(2)8-12-4-3-5-13(9-12)19-10-14(6-7-14)15(16,17)18/h3-5,9,11H,6-8,10H2,1-2H3. The smallest absolute Gasteiger partial charge is 0.397 e. The second kappa shape index (κ2) is 5.06. The van der Waals surface area contributed by atoms with Crippen LogP contribution < -0.4 is 4.74 Å². The Morgan fingerprint density at radius 3 is 2.47 bits per heavy atom. The highest BCUT2D eigenvalue weighted by Crippen LogP contribution is 2.57. The van der Waals surface area contributed by atoms with E-state index in [1.54, 1.807) is 6.07 Å². The van der Waals surface area contributed by atoms with Crippen molar-refractivity contribution in [3.05, 3.63) is 29.8 Å². The molecule has 0 N–H and O–H groups in total. The number of hydrogen-bond acceptors (Lipinski definition) is 1. The van der Waals surface area contributed by atoms with Crippen LogP contribution in [0.4, 0.5) is 13.2 Å². The molecule has 4 heteroatoms. The van der Waals surface area contributed by atoms with Crippen LogP contribution in [-0.2, 0) is 6.42 Å². The summed E-state index contributed by atoms with van der Waals surface area (Å²) in [6, 6.07) is 7.37. The number of hydrogen-bond donors (Lipinski definition) is 0. The van der Waals surface area contributed by atoms with Crippen LogP contribution in [0.25, 0.3) is 0 Å². The van der Waals surface area contributed by atoms with Crippen molar-refractivity contribution in [2.24, 2.45) is 11.3 Å². The van der Waals surface area contributed by atoms with Crippen molar-refractivity contribution in [2.45, 2.75) is 39.3 Å². The Morgan fingerprint density at radius 1 is 1.26 bits per heavy atom. The zero-order valence-electron chi connectivity index (χ0n) is 11.3. The van der Waals surface area contributed by atoms with Gasteiger partial charge in [0.1, 0.15) is 17.8 Å². The molecular formula is C15H19F3O. The summed E-state index contributed by atoms with van der Waals surface area (Å²) in [5, 5.41) is 0. The Morgan fingerprint density at radius 2 is 1.95 bits per heavy atom. The average molecular weight is 272 g/mol. The number of halogens is 3. The molecule has 2 rings (SSSR count). The van der Waals surface area contributed by atoms with Gasteiger partial charge in [0.2, 0.25) is 0 Å². The van der Waals surface area contributed by atoms with Crippen molar-refractivity contribution in [3.63, 3.8) is 0 Å². The lowest BCUT2D eigenvalue weighted by atomic mass is 10.0. The highest BCUT2D eigenvalue weighted by Gasteiger charge is 2.63. The summed E-state index contributed by atoms with van der Waals surface area (Å²) < 4.78 is 43.7. The molecule has 0 saturated heterocycles. The summed E-state index contributed by atoms with van der Waals surface area (Å²) in [5.74, 6) is 1.05. The molecule has 0 aromatic heterocycles. The van der Waals surface area contributed by atoms with Crippen molar-refractivity contribution in [1.82, 2.24) is 0 Å². The van der Waals surface area contributed by atoms with Crippen molar-refractivity contribution in [2.75, 3.05) is 6.61 Å². The molecule has 0 bridgehead atoms. The van der Waals surface area contributed by atoms with Crippen molar-refractivity contribution < 1.29 is 17.9 Å². The van der Waals surface area contributed by atoms with Gasteiger partial charge in [0, 0.05) is 0 Å². The summed E-state index contributed by atoms with van der Waals surface area (Å²) in [5.41, 5.74) is -0.495. The molecule has 0 unspecified atom stereocenters. The molecule has 0 radical (unpaired) electrons. The van der Waals surface area contributed by atoms with Crippen LogP contribution in [0.2, 0.25) is 0 Å². The normalized spacial score (nSPS) is 17.6. The summed E-state index contributed by atoms with van der Waals surface area (Å²) in [6.07, 6.45) is -2.88. The van der Waals surface area contributed by atoms with Crippen molar-refractivity contribution in [1.29, 1.82) is 0 Å². The Kier molecular flexibility index (Phi) is 3.79. The minimum absolute atomic E-state index is 0.183. The Hall–Kier alpha value is -1.19. The maximum absolute atomic E-state index is 12.8. The lowest BCUT2D eigenvalue weighted by Gasteiger charge is -2.19. The second-order valence-corrected chi connectivity index (χ2v) is 5.81. The first-order valence-corrected chi connectivity index (χ1v) is 6.61. The third-order valence-electron chi connectivity index (χ3n) is 3.51. The predicted molar refractivity (Wildman–Crippen MR) is 68.2 cm³/mol. The largest absolute Gasteiger partial charge is 0.493 e. The van der Waals surface area contributed by atoms with Crippen LogP contribution in [0.15, 0.2) is 24.3 Å². The van der Waals surface area contributed by atoms with Gasteiger partial charge in [-0.2, -0.15) is 13.2 Å². The van der Waals surface area contributed by atoms with Crippen LogP contribution in [0.3, 0.4) is 0 Å². The predicted octanol–water partition coefficient (Wildman–Crippen LogP) is 4.61. The molecule has 0 spiro atoms. The fourth-order valence-corrected chi connectivity index (χ4v) is 2.12. The van der Waals surface area contributed by atoms with E-state index < -0.39 is 11.6 Å². The first kappa shape index (κ1) is 14.2. The van der Waals surface area contributed by atoms with Gasteiger partial charge in [0.25, 0.3) is 0 Å². The highest BCUT2D eigenvalue weighted by molar-refractivity contribution is 5.29. The van der Waals surface area contributed by atoms with E-state index in [2.05, 4.69) is 13.8 Å². The molecule has 0 atom stereocenters. The quantitative estimate of drug-likeness (QED) is 0.760. The molecule has 1 aliphatic rings. The van der Waals surface area contributed by atoms with Crippen LogP contribution in [0, 0.1) is 11.3 Å². The zero-order valence-corrected chi connectivity index (χ0v) is 11.3. The van der Waals surface area contributed by atoms with E-state index >= 15 is 0 Å². The van der Waals surface area contributed by atoms with Crippen LogP contribution in [-0.4, -0.2) is 12.8 Å². The molecule has 1 saturated carbocycles. The first-order valence-electron chi connectivity index (χ1n) is 6.61. The minimum atomic E-state index is -4.15. The maximum Gasteiger partial charge on any atom is 0.397 e. The highest BCUT2D eigenvalue weighted by atomic mass is 19.4. The number of rotatable bonds is 5. The van der Waals surface area contributed by atoms with Gasteiger partial charge >= 0.3 is 6.18 Å². The lowest BCUT2D eigenvalue weighted by Crippen LogP contribution is -2.30. The molecule has 0 amide bonds. The molecule has 1 aliphatic carbocycles. The fraction of sp³-hybridized carbons (Fsp3) is 0.600. The Balaban J connectivity index is 1.97. The van der Waals surface area contributed by atoms with Gasteiger partial charge in [-0.1, -0.05) is 26.0 Å². The first-order chi connectivity index (χ1) is 8.82. The number of alkyl halides is 3. The van der Waals surface area contributed by atoms with Gasteiger partial charge in [0.15, 0.2) is 0 Å². The Labute approximate surface area is 111 Å². The van der Waals surface area contributed by atoms with E-state index in [4.69, 9.17) is 4.74 Å². The van der Waals surface area contributed by atoms with E-state index in [9.17, 15) is 13.2 Å². The molecule has 1 aromatic carbocycles. The minimum Gasteiger partial charge on any atom is -0.493 e. The van der Waals surface area contributed by atoms with Gasteiger partial charge in [-0.15, -0.1) is 0 Å². The molecule has 1 nitrogen and oxygen atoms in total. The lowest BCUT2D eigenvalue weighted by molar-refractivity contribution is -0.194. The molecule has 19 heavy (non-hydrogen) atoms. The molecule has 1 aromatic rings. The maximum atomic E-state index is 12.8. The van der Waals surface area contributed by atoms with E-state index in [0.717, 1.165) is 12.0 Å². The fourth-order valence-electron chi connectivity index (χ4n) is 2.12. The second-order valence-electron chi connectivity index (χ2n) is 5.81. The van der Waals surface area contributed by atoms with Gasteiger partial charge in [-0.3, -0.25) is 0 Å².